The Balaban J connectivity index is 1.43. The average Bonchev–Trinajstić information content (AvgIpc) is 3.11. The fraction of sp³-hybridized carbons (Fsp3) is 0.391. The Morgan fingerprint density at radius 2 is 1.93 bits per heavy atom. The molecule has 0 spiro atoms. The molecule has 2 heterocycles. The highest BCUT2D eigenvalue weighted by molar-refractivity contribution is 5.77. The Morgan fingerprint density at radius 3 is 2.68 bits per heavy atom. The third-order valence-electron chi connectivity index (χ3n) is 5.59. The van der Waals surface area contributed by atoms with E-state index in [1.807, 2.05) is 55.5 Å². The molecule has 1 aliphatic rings. The van der Waals surface area contributed by atoms with E-state index < -0.39 is 0 Å². The Kier molecular flexibility index (Phi) is 5.44. The zero-order chi connectivity index (χ0) is 19.5. The van der Waals surface area contributed by atoms with Crippen LogP contribution in [0.3, 0.4) is 0 Å². The smallest absolute Gasteiger partial charge is 0.265 e. The van der Waals surface area contributed by atoms with E-state index in [1.165, 1.54) is 19.4 Å². The molecule has 1 saturated heterocycles. The van der Waals surface area contributed by atoms with Gasteiger partial charge in [0.05, 0.1) is 23.2 Å². The van der Waals surface area contributed by atoms with Gasteiger partial charge < -0.3 is 9.64 Å². The van der Waals surface area contributed by atoms with Gasteiger partial charge in [-0.3, -0.25) is 9.36 Å². The Bertz CT molecular complexity index is 1010. The number of aromatic nitrogens is 2. The van der Waals surface area contributed by atoms with Crippen LogP contribution in [0.4, 0.5) is 0 Å². The van der Waals surface area contributed by atoms with E-state index in [9.17, 15) is 4.79 Å². The minimum absolute atomic E-state index is 0.0449. The summed E-state index contributed by atoms with van der Waals surface area (Å²) >= 11 is 0. The van der Waals surface area contributed by atoms with Crippen molar-refractivity contribution in [3.8, 4) is 11.4 Å². The first kappa shape index (κ1) is 18.7. The maximum Gasteiger partial charge on any atom is 0.265 e. The molecule has 0 amide bonds. The second-order valence-corrected chi connectivity index (χ2v) is 7.54. The van der Waals surface area contributed by atoms with Crippen molar-refractivity contribution in [2.75, 3.05) is 19.7 Å². The van der Waals surface area contributed by atoms with Crippen molar-refractivity contribution in [2.24, 2.45) is 0 Å². The fourth-order valence-corrected chi connectivity index (χ4v) is 4.02. The van der Waals surface area contributed by atoms with Gasteiger partial charge in [0.25, 0.3) is 5.56 Å². The first-order valence-corrected chi connectivity index (χ1v) is 10.1. The Morgan fingerprint density at radius 1 is 1.14 bits per heavy atom. The van der Waals surface area contributed by atoms with E-state index >= 15 is 0 Å². The topological polar surface area (TPSA) is 47.4 Å². The van der Waals surface area contributed by atoms with Gasteiger partial charge in [-0.05, 0) is 76.1 Å². The number of hydrogen-bond acceptors (Lipinski definition) is 4. The number of likely N-dealkylation sites (tertiary alicyclic amines) is 1. The summed E-state index contributed by atoms with van der Waals surface area (Å²) in [4.78, 5) is 20.0. The predicted octanol–water partition coefficient (Wildman–Crippen LogP) is 3.95. The van der Waals surface area contributed by atoms with Crippen LogP contribution in [-0.4, -0.2) is 40.2 Å². The van der Waals surface area contributed by atoms with Crippen molar-refractivity contribution in [2.45, 2.75) is 39.2 Å². The van der Waals surface area contributed by atoms with Crippen molar-refractivity contribution in [1.82, 2.24) is 14.5 Å². The Labute approximate surface area is 165 Å². The quantitative estimate of drug-likeness (QED) is 0.611. The summed E-state index contributed by atoms with van der Waals surface area (Å²) in [7, 11) is 0. The van der Waals surface area contributed by atoms with Crippen molar-refractivity contribution in [3.63, 3.8) is 0 Å². The van der Waals surface area contributed by atoms with Gasteiger partial charge in [0.1, 0.15) is 11.6 Å². The minimum Gasteiger partial charge on any atom is -0.494 e. The molecule has 0 radical (unpaired) electrons. The second kappa shape index (κ2) is 8.15. The third kappa shape index (κ3) is 3.80. The van der Waals surface area contributed by atoms with Crippen LogP contribution in [0.2, 0.25) is 0 Å². The van der Waals surface area contributed by atoms with Crippen LogP contribution < -0.4 is 10.3 Å². The first-order valence-electron chi connectivity index (χ1n) is 10.1. The molecule has 5 nitrogen and oxygen atoms in total. The second-order valence-electron chi connectivity index (χ2n) is 7.54. The van der Waals surface area contributed by atoms with Crippen LogP contribution in [-0.2, 0) is 0 Å². The van der Waals surface area contributed by atoms with Gasteiger partial charge in [-0.1, -0.05) is 12.1 Å². The molecule has 1 aliphatic heterocycles. The zero-order valence-electron chi connectivity index (χ0n) is 16.6. The molecule has 28 heavy (non-hydrogen) atoms. The monoisotopic (exact) mass is 377 g/mol. The molecule has 0 saturated carbocycles. The molecule has 3 aromatic rings. The summed E-state index contributed by atoms with van der Waals surface area (Å²) in [6, 6.07) is 15.8. The normalized spacial score (nSPS) is 17.3. The molecule has 146 valence electrons. The number of benzene rings is 2. The van der Waals surface area contributed by atoms with Gasteiger partial charge in [-0.15, -0.1) is 0 Å². The van der Waals surface area contributed by atoms with Crippen molar-refractivity contribution in [1.29, 1.82) is 0 Å². The fourth-order valence-electron chi connectivity index (χ4n) is 4.02. The molecule has 0 aliphatic carbocycles. The van der Waals surface area contributed by atoms with E-state index in [4.69, 9.17) is 4.74 Å². The maximum atomic E-state index is 12.9. The summed E-state index contributed by atoms with van der Waals surface area (Å²) in [6.07, 6.45) is 3.65. The molecule has 5 heteroatoms. The predicted molar refractivity (Wildman–Crippen MR) is 112 cm³/mol. The summed E-state index contributed by atoms with van der Waals surface area (Å²) in [6.45, 7) is 7.18. The lowest BCUT2D eigenvalue weighted by Crippen LogP contribution is -2.28. The van der Waals surface area contributed by atoms with Crippen molar-refractivity contribution in [3.05, 3.63) is 64.7 Å². The number of nitrogens with zero attached hydrogens (tertiary/aromatic N) is 3. The van der Waals surface area contributed by atoms with E-state index in [1.54, 1.807) is 4.57 Å². The van der Waals surface area contributed by atoms with Crippen LogP contribution in [0, 0.1) is 6.92 Å². The van der Waals surface area contributed by atoms with Gasteiger partial charge in [-0.2, -0.15) is 0 Å². The van der Waals surface area contributed by atoms with Crippen molar-refractivity contribution >= 4 is 10.9 Å². The minimum atomic E-state index is -0.0449. The van der Waals surface area contributed by atoms with Gasteiger partial charge in [0.15, 0.2) is 0 Å². The number of fused-ring (bicyclic) bond motifs is 1. The van der Waals surface area contributed by atoms with Gasteiger partial charge >= 0.3 is 0 Å². The number of rotatable bonds is 6. The highest BCUT2D eigenvalue weighted by Crippen LogP contribution is 2.18. The number of ether oxygens (including phenoxy) is 1. The highest BCUT2D eigenvalue weighted by Gasteiger charge is 2.19. The summed E-state index contributed by atoms with van der Waals surface area (Å²) in [5, 5.41) is 0.629. The van der Waals surface area contributed by atoms with E-state index in [0.717, 1.165) is 29.9 Å². The lowest BCUT2D eigenvalue weighted by Gasteiger charge is -2.20. The van der Waals surface area contributed by atoms with Gasteiger partial charge in [0, 0.05) is 12.6 Å². The van der Waals surface area contributed by atoms with Crippen molar-refractivity contribution < 1.29 is 4.74 Å². The van der Waals surface area contributed by atoms with Crippen LogP contribution in [0.15, 0.2) is 53.3 Å². The largest absolute Gasteiger partial charge is 0.494 e. The summed E-state index contributed by atoms with van der Waals surface area (Å²) in [5.41, 5.74) is 1.49. The van der Waals surface area contributed by atoms with Crippen LogP contribution in [0.1, 0.15) is 32.0 Å². The standard InChI is InChI=1S/C23H27N3O2/c1-17-7-5-14-25(17)15-6-16-28-20-12-10-19(11-13-20)26-18(2)24-22-9-4-3-8-21(22)23(26)27/h3-4,8-13,17H,5-7,14-16H2,1-2H3. The number of aryl methyl sites for hydroxylation is 1. The van der Waals surface area contributed by atoms with E-state index in [0.29, 0.717) is 23.9 Å². The molecule has 1 atom stereocenters. The first-order chi connectivity index (χ1) is 13.6. The van der Waals surface area contributed by atoms with Gasteiger partial charge in [-0.25, -0.2) is 4.98 Å². The molecule has 4 rings (SSSR count). The third-order valence-corrected chi connectivity index (χ3v) is 5.59. The summed E-state index contributed by atoms with van der Waals surface area (Å²) < 4.78 is 7.55. The lowest BCUT2D eigenvalue weighted by atomic mass is 10.2. The van der Waals surface area contributed by atoms with Gasteiger partial charge in [0.2, 0.25) is 0 Å². The van der Waals surface area contributed by atoms with E-state index in [-0.39, 0.29) is 5.56 Å². The number of para-hydroxylation sites is 1. The van der Waals surface area contributed by atoms with Crippen LogP contribution in [0.5, 0.6) is 5.75 Å². The summed E-state index contributed by atoms with van der Waals surface area (Å²) in [5.74, 6) is 1.51. The highest BCUT2D eigenvalue weighted by atomic mass is 16.5. The van der Waals surface area contributed by atoms with E-state index in [2.05, 4.69) is 16.8 Å². The molecule has 2 aromatic carbocycles. The lowest BCUT2D eigenvalue weighted by molar-refractivity contribution is 0.230. The van der Waals surface area contributed by atoms with Crippen LogP contribution >= 0.6 is 0 Å². The zero-order valence-corrected chi connectivity index (χ0v) is 16.6. The molecule has 1 fully saturated rings. The SMILES string of the molecule is Cc1nc2ccccc2c(=O)n1-c1ccc(OCCCN2CCCC2C)cc1. The maximum absolute atomic E-state index is 12.9. The molecule has 1 aromatic heterocycles. The average molecular weight is 377 g/mol. The van der Waals surface area contributed by atoms with Crippen LogP contribution in [0.25, 0.3) is 16.6 Å². The number of hydrogen-bond donors (Lipinski definition) is 0. The molecular weight excluding hydrogens is 350 g/mol. The molecule has 1 unspecified atom stereocenters. The molecule has 0 N–H and O–H groups in total. The molecular formula is C23H27N3O2. The Hall–Kier alpha value is -2.66. The molecule has 0 bridgehead atoms.